The average Bonchev–Trinajstić information content (AvgIpc) is 3.06. The van der Waals surface area contributed by atoms with E-state index >= 15 is 0 Å². The van der Waals surface area contributed by atoms with E-state index in [4.69, 9.17) is 17.0 Å². The summed E-state index contributed by atoms with van der Waals surface area (Å²) in [5.41, 5.74) is 2.39. The van der Waals surface area contributed by atoms with E-state index in [9.17, 15) is 14.9 Å². The van der Waals surface area contributed by atoms with Gasteiger partial charge in [0.2, 0.25) is 0 Å². The molecular weight excluding hydrogens is 432 g/mol. The first-order valence-corrected chi connectivity index (χ1v) is 10.5. The number of hydrogen-bond donors (Lipinski definition) is 0. The smallest absolute Gasteiger partial charge is 0.270 e. The van der Waals surface area contributed by atoms with Crippen LogP contribution < -0.4 is 9.64 Å². The maximum absolute atomic E-state index is 12.9. The number of nitro groups is 1. The van der Waals surface area contributed by atoms with Crippen molar-refractivity contribution >= 4 is 51.7 Å². The number of non-ortho nitro benzene ring substituents is 1. The number of anilines is 1. The number of carbonyl (C=O) groups is 1. The van der Waals surface area contributed by atoms with Crippen molar-refractivity contribution in [3.8, 4) is 5.75 Å². The minimum absolute atomic E-state index is 0.0423. The SMILES string of the molecule is O=C1/C(=C\c2ccc(OCc3ccccc3)cc2)SC(=S)N1c1ccc([N+](=O)[O-])cc1. The molecule has 8 heteroatoms. The van der Waals surface area contributed by atoms with Gasteiger partial charge in [-0.05, 0) is 41.5 Å². The Balaban J connectivity index is 1.45. The molecule has 1 heterocycles. The second kappa shape index (κ2) is 9.11. The Bertz CT molecular complexity index is 1160. The molecule has 0 saturated carbocycles. The highest BCUT2D eigenvalue weighted by atomic mass is 32.2. The van der Waals surface area contributed by atoms with Crippen LogP contribution in [0.5, 0.6) is 5.75 Å². The van der Waals surface area contributed by atoms with Gasteiger partial charge in [-0.15, -0.1) is 0 Å². The van der Waals surface area contributed by atoms with E-state index in [2.05, 4.69) is 0 Å². The molecule has 0 N–H and O–H groups in total. The van der Waals surface area contributed by atoms with Crippen molar-refractivity contribution in [2.45, 2.75) is 6.61 Å². The summed E-state index contributed by atoms with van der Waals surface area (Å²) in [7, 11) is 0. The molecule has 6 nitrogen and oxygen atoms in total. The average molecular weight is 449 g/mol. The second-order valence-electron chi connectivity index (χ2n) is 6.63. The molecule has 1 aliphatic heterocycles. The summed E-state index contributed by atoms with van der Waals surface area (Å²) >= 11 is 6.55. The molecule has 1 saturated heterocycles. The third kappa shape index (κ3) is 4.82. The van der Waals surface area contributed by atoms with Crippen LogP contribution in [0.2, 0.25) is 0 Å². The van der Waals surface area contributed by atoms with E-state index in [1.165, 1.54) is 40.9 Å². The van der Waals surface area contributed by atoms with Crippen molar-refractivity contribution in [1.82, 2.24) is 0 Å². The molecule has 31 heavy (non-hydrogen) atoms. The largest absolute Gasteiger partial charge is 0.489 e. The lowest BCUT2D eigenvalue weighted by atomic mass is 10.2. The number of thiocarbonyl (C=S) groups is 1. The summed E-state index contributed by atoms with van der Waals surface area (Å²) in [6, 6.07) is 23.1. The standard InChI is InChI=1S/C23H16N2O4S2/c26-22-21(31-23(30)24(22)18-8-10-19(11-9-18)25(27)28)14-16-6-12-20(13-7-16)29-15-17-4-2-1-3-5-17/h1-14H,15H2/b21-14+. The normalized spacial score (nSPS) is 14.8. The molecule has 0 aromatic heterocycles. The Labute approximate surface area is 188 Å². The zero-order chi connectivity index (χ0) is 21.8. The highest BCUT2D eigenvalue weighted by Crippen LogP contribution is 2.36. The van der Waals surface area contributed by atoms with Gasteiger partial charge in [0, 0.05) is 12.1 Å². The highest BCUT2D eigenvalue weighted by Gasteiger charge is 2.33. The van der Waals surface area contributed by atoms with Crippen molar-refractivity contribution in [2.75, 3.05) is 4.90 Å². The lowest BCUT2D eigenvalue weighted by Crippen LogP contribution is -2.27. The van der Waals surface area contributed by atoms with Crippen LogP contribution in [0.15, 0.2) is 83.8 Å². The van der Waals surface area contributed by atoms with Crippen molar-refractivity contribution in [3.63, 3.8) is 0 Å². The number of ether oxygens (including phenoxy) is 1. The Kier molecular flexibility index (Phi) is 6.11. The van der Waals surface area contributed by atoms with Gasteiger partial charge < -0.3 is 4.74 Å². The van der Waals surface area contributed by atoms with Gasteiger partial charge in [-0.1, -0.05) is 66.4 Å². The van der Waals surface area contributed by atoms with Crippen molar-refractivity contribution in [2.24, 2.45) is 0 Å². The molecule has 0 radical (unpaired) electrons. The van der Waals surface area contributed by atoms with Crippen molar-refractivity contribution in [3.05, 3.63) is 105 Å². The molecule has 1 fully saturated rings. The molecule has 3 aromatic carbocycles. The molecule has 1 aliphatic rings. The van der Waals surface area contributed by atoms with Crippen LogP contribution in [0.1, 0.15) is 11.1 Å². The predicted octanol–water partition coefficient (Wildman–Crippen LogP) is 5.58. The Morgan fingerprint density at radius 3 is 2.32 bits per heavy atom. The predicted molar refractivity (Wildman–Crippen MR) is 126 cm³/mol. The lowest BCUT2D eigenvalue weighted by molar-refractivity contribution is -0.384. The quantitative estimate of drug-likeness (QED) is 0.212. The van der Waals surface area contributed by atoms with Gasteiger partial charge >= 0.3 is 0 Å². The lowest BCUT2D eigenvalue weighted by Gasteiger charge is -2.13. The summed E-state index contributed by atoms with van der Waals surface area (Å²) in [4.78, 5) is 25.1. The number of benzene rings is 3. The second-order valence-corrected chi connectivity index (χ2v) is 8.31. The maximum Gasteiger partial charge on any atom is 0.270 e. The summed E-state index contributed by atoms with van der Waals surface area (Å²) in [5, 5.41) is 10.8. The van der Waals surface area contributed by atoms with E-state index in [0.717, 1.165) is 16.9 Å². The maximum atomic E-state index is 12.9. The van der Waals surface area contributed by atoms with E-state index in [0.29, 0.717) is 21.5 Å². The van der Waals surface area contributed by atoms with Crippen molar-refractivity contribution in [1.29, 1.82) is 0 Å². The first kappa shape index (κ1) is 20.8. The zero-order valence-corrected chi connectivity index (χ0v) is 17.8. The number of nitrogens with zero attached hydrogens (tertiary/aromatic N) is 2. The van der Waals surface area contributed by atoms with Crippen LogP contribution in [0.4, 0.5) is 11.4 Å². The topological polar surface area (TPSA) is 72.7 Å². The summed E-state index contributed by atoms with van der Waals surface area (Å²) in [6.07, 6.45) is 1.77. The number of amides is 1. The van der Waals surface area contributed by atoms with Crippen LogP contribution in [-0.4, -0.2) is 15.2 Å². The van der Waals surface area contributed by atoms with Crippen LogP contribution in [0.25, 0.3) is 6.08 Å². The molecule has 154 valence electrons. The Hall–Kier alpha value is -3.49. The number of carbonyl (C=O) groups excluding carboxylic acids is 1. The fraction of sp³-hybridized carbons (Fsp3) is 0.0435. The van der Waals surface area contributed by atoms with E-state index in [1.807, 2.05) is 54.6 Å². The van der Waals surface area contributed by atoms with E-state index in [1.54, 1.807) is 6.08 Å². The van der Waals surface area contributed by atoms with Gasteiger partial charge in [-0.25, -0.2) is 0 Å². The molecule has 4 rings (SSSR count). The number of rotatable bonds is 6. The van der Waals surface area contributed by atoms with E-state index < -0.39 is 4.92 Å². The molecule has 0 atom stereocenters. The van der Waals surface area contributed by atoms with E-state index in [-0.39, 0.29) is 11.6 Å². The van der Waals surface area contributed by atoms with Crippen molar-refractivity contribution < 1.29 is 14.5 Å². The van der Waals surface area contributed by atoms with Gasteiger partial charge in [0.05, 0.1) is 15.5 Å². The first-order chi connectivity index (χ1) is 15.0. The molecule has 0 aliphatic carbocycles. The molecule has 3 aromatic rings. The molecule has 1 amide bonds. The summed E-state index contributed by atoms with van der Waals surface area (Å²) < 4.78 is 6.17. The third-order valence-corrected chi connectivity index (χ3v) is 5.84. The summed E-state index contributed by atoms with van der Waals surface area (Å²) in [6.45, 7) is 0.480. The fourth-order valence-electron chi connectivity index (χ4n) is 2.97. The van der Waals surface area contributed by atoms with Gasteiger partial charge in [0.25, 0.3) is 11.6 Å². The van der Waals surface area contributed by atoms with Gasteiger partial charge in [-0.3, -0.25) is 19.8 Å². The number of thioether (sulfide) groups is 1. The van der Waals surface area contributed by atoms with Gasteiger partial charge in [0.15, 0.2) is 4.32 Å². The van der Waals surface area contributed by atoms with Crippen LogP contribution >= 0.6 is 24.0 Å². The fourth-order valence-corrected chi connectivity index (χ4v) is 4.27. The monoisotopic (exact) mass is 448 g/mol. The minimum Gasteiger partial charge on any atom is -0.489 e. The van der Waals surface area contributed by atoms with Gasteiger partial charge in [-0.2, -0.15) is 0 Å². The van der Waals surface area contributed by atoms with Crippen LogP contribution in [-0.2, 0) is 11.4 Å². The molecular formula is C23H16N2O4S2. The highest BCUT2D eigenvalue weighted by molar-refractivity contribution is 8.27. The first-order valence-electron chi connectivity index (χ1n) is 9.30. The van der Waals surface area contributed by atoms with Crippen LogP contribution in [0.3, 0.4) is 0 Å². The molecule has 0 unspecified atom stereocenters. The van der Waals surface area contributed by atoms with Gasteiger partial charge in [0.1, 0.15) is 12.4 Å². The number of hydrogen-bond acceptors (Lipinski definition) is 6. The molecule has 0 bridgehead atoms. The zero-order valence-electron chi connectivity index (χ0n) is 16.1. The number of nitro benzene ring substituents is 1. The van der Waals surface area contributed by atoms with Crippen LogP contribution in [0, 0.1) is 10.1 Å². The molecule has 0 spiro atoms. The third-order valence-electron chi connectivity index (χ3n) is 4.54. The Morgan fingerprint density at radius 1 is 1.00 bits per heavy atom. The summed E-state index contributed by atoms with van der Waals surface area (Å²) in [5.74, 6) is 0.479. The minimum atomic E-state index is -0.485. The Morgan fingerprint density at radius 2 is 1.68 bits per heavy atom.